The van der Waals surface area contributed by atoms with E-state index >= 15 is 0 Å². The monoisotopic (exact) mass is 606 g/mol. The number of nitrogens with one attached hydrogen (secondary N) is 2. The van der Waals surface area contributed by atoms with Crippen LogP contribution in [0.3, 0.4) is 0 Å². The highest BCUT2D eigenvalue weighted by atomic mass is 32.2. The number of nitrogens with zero attached hydrogens (tertiary/aromatic N) is 2. The number of nitro benzene ring substituents is 1. The number of anilines is 2. The van der Waals surface area contributed by atoms with Crippen LogP contribution in [0.2, 0.25) is 0 Å². The van der Waals surface area contributed by atoms with E-state index in [1.54, 1.807) is 60.7 Å². The van der Waals surface area contributed by atoms with Gasteiger partial charge in [0.15, 0.2) is 0 Å². The van der Waals surface area contributed by atoms with E-state index in [4.69, 9.17) is 0 Å². The second kappa shape index (κ2) is 13.2. The lowest BCUT2D eigenvalue weighted by Crippen LogP contribution is -2.31. The molecule has 0 spiro atoms. The van der Waals surface area contributed by atoms with Crippen molar-refractivity contribution in [2.45, 2.75) is 23.5 Å². The maximum atomic E-state index is 13.4. The molecule has 4 aromatic rings. The fourth-order valence-electron chi connectivity index (χ4n) is 4.57. The minimum absolute atomic E-state index is 0.0396. The first kappa shape index (κ1) is 29.9. The zero-order valence-corrected chi connectivity index (χ0v) is 24.2. The summed E-state index contributed by atoms with van der Waals surface area (Å²) in [6.07, 6.45) is 1.54. The molecule has 4 aromatic carbocycles. The van der Waals surface area contributed by atoms with Crippen molar-refractivity contribution in [1.82, 2.24) is 5.32 Å². The number of amides is 4. The number of benzene rings is 4. The van der Waals surface area contributed by atoms with Crippen molar-refractivity contribution in [1.29, 1.82) is 0 Å². The Hall–Kier alpha value is -5.55. The van der Waals surface area contributed by atoms with Crippen molar-refractivity contribution in [2.24, 2.45) is 0 Å². The molecule has 10 nitrogen and oxygen atoms in total. The molecule has 1 atom stereocenters. The lowest BCUT2D eigenvalue weighted by molar-refractivity contribution is -0.384. The van der Waals surface area contributed by atoms with Crippen molar-refractivity contribution in [3.05, 3.63) is 136 Å². The predicted octanol–water partition coefficient (Wildman–Crippen LogP) is 5.74. The van der Waals surface area contributed by atoms with E-state index in [1.807, 2.05) is 31.2 Å². The van der Waals surface area contributed by atoms with Crippen molar-refractivity contribution in [3.63, 3.8) is 0 Å². The Labute approximate surface area is 256 Å². The summed E-state index contributed by atoms with van der Waals surface area (Å²) in [5.74, 6) is -1.83. The summed E-state index contributed by atoms with van der Waals surface area (Å²) in [4.78, 5) is 64.3. The Morgan fingerprint density at radius 1 is 0.932 bits per heavy atom. The average molecular weight is 607 g/mol. The third-order valence-corrected chi connectivity index (χ3v) is 7.86. The van der Waals surface area contributed by atoms with Gasteiger partial charge in [-0.15, -0.1) is 11.8 Å². The van der Waals surface area contributed by atoms with Gasteiger partial charge >= 0.3 is 0 Å². The molecule has 1 aliphatic rings. The minimum atomic E-state index is -0.717. The molecule has 4 amide bonds. The fraction of sp³-hybridized carbons (Fsp3) is 0.0909. The molecule has 0 unspecified atom stereocenters. The van der Waals surface area contributed by atoms with E-state index in [0.29, 0.717) is 16.1 Å². The van der Waals surface area contributed by atoms with Gasteiger partial charge in [0, 0.05) is 34.7 Å². The molecular weight excluding hydrogens is 580 g/mol. The first-order chi connectivity index (χ1) is 21.2. The summed E-state index contributed by atoms with van der Waals surface area (Å²) in [5, 5.41) is 15.8. The van der Waals surface area contributed by atoms with Crippen LogP contribution in [0.5, 0.6) is 0 Å². The predicted molar refractivity (Wildman–Crippen MR) is 168 cm³/mol. The Kier molecular flexibility index (Phi) is 8.96. The standard InChI is InChI=1S/C33H26N4O6S/c1-21-7-5-8-22(17-21)18-28(35-31(39)23-9-3-2-4-10-23)32(40)34-24-11-6-12-27(19-24)44-29-20-30(38)36(33(29)41)25-13-15-26(16-14-25)37(42)43/h2-19,29H,20H2,1H3,(H,34,40)(H,35,39)/b28-18+/t29-/m1/s1. The molecule has 0 aliphatic carbocycles. The Balaban J connectivity index is 1.31. The van der Waals surface area contributed by atoms with E-state index < -0.39 is 33.8 Å². The maximum absolute atomic E-state index is 13.4. The number of hydrogen-bond donors (Lipinski definition) is 2. The van der Waals surface area contributed by atoms with Gasteiger partial charge < -0.3 is 10.6 Å². The second-order valence-electron chi connectivity index (χ2n) is 9.93. The number of carbonyl (C=O) groups excluding carboxylic acids is 4. The van der Waals surface area contributed by atoms with Crippen LogP contribution >= 0.6 is 11.8 Å². The lowest BCUT2D eigenvalue weighted by Gasteiger charge is -2.15. The van der Waals surface area contributed by atoms with Crippen LogP contribution in [-0.4, -0.2) is 33.8 Å². The van der Waals surface area contributed by atoms with Crippen LogP contribution in [0.15, 0.2) is 114 Å². The fourth-order valence-corrected chi connectivity index (χ4v) is 5.68. The number of nitro groups is 1. The van der Waals surface area contributed by atoms with Crippen LogP contribution in [0.4, 0.5) is 17.1 Å². The van der Waals surface area contributed by atoms with Crippen molar-refractivity contribution in [3.8, 4) is 0 Å². The summed E-state index contributed by atoms with van der Waals surface area (Å²) in [5.41, 5.74) is 2.70. The molecule has 1 heterocycles. The van der Waals surface area contributed by atoms with Gasteiger partial charge in [0.05, 0.1) is 15.9 Å². The van der Waals surface area contributed by atoms with E-state index in [9.17, 15) is 29.3 Å². The number of aryl methyl sites for hydroxylation is 1. The summed E-state index contributed by atoms with van der Waals surface area (Å²) in [7, 11) is 0. The molecule has 0 radical (unpaired) electrons. The van der Waals surface area contributed by atoms with Crippen LogP contribution in [-0.2, 0) is 14.4 Å². The van der Waals surface area contributed by atoms with Gasteiger partial charge in [-0.2, -0.15) is 0 Å². The Morgan fingerprint density at radius 3 is 2.36 bits per heavy atom. The van der Waals surface area contributed by atoms with E-state index in [-0.39, 0.29) is 23.5 Å². The molecule has 2 N–H and O–H groups in total. The van der Waals surface area contributed by atoms with Gasteiger partial charge in [-0.3, -0.25) is 29.3 Å². The molecule has 1 aliphatic heterocycles. The first-order valence-corrected chi connectivity index (χ1v) is 14.4. The zero-order valence-electron chi connectivity index (χ0n) is 23.4. The number of hydrogen-bond acceptors (Lipinski definition) is 7. The van der Waals surface area contributed by atoms with Gasteiger partial charge in [-0.1, -0.05) is 54.1 Å². The number of rotatable bonds is 9. The van der Waals surface area contributed by atoms with Gasteiger partial charge in [0.1, 0.15) is 5.70 Å². The highest BCUT2D eigenvalue weighted by molar-refractivity contribution is 8.00. The summed E-state index contributed by atoms with van der Waals surface area (Å²) >= 11 is 1.18. The lowest BCUT2D eigenvalue weighted by atomic mass is 10.1. The molecule has 0 bridgehead atoms. The molecule has 220 valence electrons. The van der Waals surface area contributed by atoms with Gasteiger partial charge in [-0.25, -0.2) is 4.90 Å². The van der Waals surface area contributed by atoms with Crippen molar-refractivity contribution >= 4 is 58.5 Å². The van der Waals surface area contributed by atoms with Crippen LogP contribution in [0, 0.1) is 17.0 Å². The SMILES string of the molecule is Cc1cccc(/C=C(/NC(=O)c2ccccc2)C(=O)Nc2cccc(S[C@@H]3CC(=O)N(c4ccc([N+](=O)[O-])cc4)C3=O)c2)c1. The number of thioether (sulfide) groups is 1. The number of carbonyl (C=O) groups is 4. The van der Waals surface area contributed by atoms with Gasteiger partial charge in [0.2, 0.25) is 11.8 Å². The molecule has 0 saturated carbocycles. The molecule has 1 fully saturated rings. The summed E-state index contributed by atoms with van der Waals surface area (Å²) in [6.45, 7) is 1.93. The number of non-ortho nitro benzene ring substituents is 1. The van der Waals surface area contributed by atoms with Crippen LogP contribution < -0.4 is 15.5 Å². The van der Waals surface area contributed by atoms with Crippen molar-refractivity contribution in [2.75, 3.05) is 10.2 Å². The second-order valence-corrected chi connectivity index (χ2v) is 11.2. The van der Waals surface area contributed by atoms with Gasteiger partial charge in [-0.05, 0) is 61.0 Å². The Bertz CT molecular complexity index is 1790. The van der Waals surface area contributed by atoms with Crippen LogP contribution in [0.1, 0.15) is 27.9 Å². The molecule has 0 aromatic heterocycles. The van der Waals surface area contributed by atoms with E-state index in [0.717, 1.165) is 16.0 Å². The average Bonchev–Trinajstić information content (AvgIpc) is 3.29. The molecular formula is C33H26N4O6S. The van der Waals surface area contributed by atoms with Crippen molar-refractivity contribution < 1.29 is 24.1 Å². The normalized spacial score (nSPS) is 14.8. The summed E-state index contributed by atoms with van der Waals surface area (Å²) in [6, 6.07) is 28.1. The van der Waals surface area contributed by atoms with Gasteiger partial charge in [0.25, 0.3) is 17.5 Å². The Morgan fingerprint density at radius 2 is 1.66 bits per heavy atom. The van der Waals surface area contributed by atoms with Crippen LogP contribution in [0.25, 0.3) is 6.08 Å². The highest BCUT2D eigenvalue weighted by Gasteiger charge is 2.40. The molecule has 5 rings (SSSR count). The number of imide groups is 1. The smallest absolute Gasteiger partial charge is 0.272 e. The first-order valence-electron chi connectivity index (χ1n) is 13.5. The molecule has 1 saturated heterocycles. The highest BCUT2D eigenvalue weighted by Crippen LogP contribution is 2.35. The largest absolute Gasteiger partial charge is 0.321 e. The third kappa shape index (κ3) is 7.08. The van der Waals surface area contributed by atoms with E-state index in [1.165, 1.54) is 36.0 Å². The quantitative estimate of drug-likeness (QED) is 0.107. The minimum Gasteiger partial charge on any atom is -0.321 e. The third-order valence-electron chi connectivity index (χ3n) is 6.68. The topological polar surface area (TPSA) is 139 Å². The maximum Gasteiger partial charge on any atom is 0.272 e. The molecule has 11 heteroatoms. The summed E-state index contributed by atoms with van der Waals surface area (Å²) < 4.78 is 0. The molecule has 44 heavy (non-hydrogen) atoms. The van der Waals surface area contributed by atoms with E-state index in [2.05, 4.69) is 10.6 Å². The zero-order chi connectivity index (χ0) is 31.2.